The van der Waals surface area contributed by atoms with Gasteiger partial charge in [-0.1, -0.05) is 13.3 Å². The van der Waals surface area contributed by atoms with Crippen molar-refractivity contribution in [1.82, 2.24) is 10.2 Å². The van der Waals surface area contributed by atoms with E-state index in [0.29, 0.717) is 5.92 Å². The second kappa shape index (κ2) is 10.3. The van der Waals surface area contributed by atoms with Crippen molar-refractivity contribution in [1.29, 1.82) is 0 Å². The summed E-state index contributed by atoms with van der Waals surface area (Å²) in [5, 5.41) is 22.3. The molecule has 27 heavy (non-hydrogen) atoms. The van der Waals surface area contributed by atoms with E-state index in [4.69, 9.17) is 27.9 Å². The highest BCUT2D eigenvalue weighted by atomic mass is 35.5. The second-order valence-corrected chi connectivity index (χ2v) is 9.82. The van der Waals surface area contributed by atoms with E-state index in [2.05, 4.69) is 17.1 Å². The van der Waals surface area contributed by atoms with Crippen molar-refractivity contribution in [2.45, 2.75) is 79.7 Å². The van der Waals surface area contributed by atoms with Crippen molar-refractivity contribution in [3.05, 3.63) is 0 Å². The molecule has 1 amide bonds. The Hall–Kier alpha value is 0.240. The van der Waals surface area contributed by atoms with E-state index in [9.17, 15) is 15.0 Å². The number of nitrogens with one attached hydrogen (secondary N) is 1. The van der Waals surface area contributed by atoms with Crippen LogP contribution in [-0.4, -0.2) is 87.5 Å². The molecule has 0 bridgehead atoms. The maximum Gasteiger partial charge on any atom is 0.237 e. The molecular formula is C18H32Cl2N2O4S. The third-order valence-electron chi connectivity index (χ3n) is 5.58. The number of ether oxygens (including phenoxy) is 1. The number of carbonyl (C=O) groups is 1. The van der Waals surface area contributed by atoms with Crippen LogP contribution in [0.15, 0.2) is 0 Å². The third-order valence-corrected chi connectivity index (χ3v) is 7.23. The minimum atomic E-state index is -1.13. The number of likely N-dealkylation sites (tertiary alicyclic amines) is 1. The first-order valence-corrected chi connectivity index (χ1v) is 11.7. The van der Waals surface area contributed by atoms with Crippen LogP contribution < -0.4 is 5.32 Å². The predicted molar refractivity (Wildman–Crippen MR) is 111 cm³/mol. The first kappa shape index (κ1) is 23.5. The van der Waals surface area contributed by atoms with E-state index >= 15 is 0 Å². The molecule has 2 heterocycles. The van der Waals surface area contributed by atoms with Gasteiger partial charge in [-0.15, -0.1) is 35.0 Å². The van der Waals surface area contributed by atoms with Gasteiger partial charge in [0.1, 0.15) is 23.7 Å². The van der Waals surface area contributed by atoms with Gasteiger partial charge in [0.05, 0.1) is 22.8 Å². The molecule has 2 saturated heterocycles. The number of carbonyl (C=O) groups excluding carboxylic acids is 1. The van der Waals surface area contributed by atoms with Gasteiger partial charge in [-0.25, -0.2) is 0 Å². The van der Waals surface area contributed by atoms with Gasteiger partial charge >= 0.3 is 0 Å². The lowest BCUT2D eigenvalue weighted by Gasteiger charge is -2.44. The van der Waals surface area contributed by atoms with Crippen molar-refractivity contribution < 1.29 is 19.7 Å². The Balaban J connectivity index is 2.09. The molecule has 2 aliphatic heterocycles. The van der Waals surface area contributed by atoms with Gasteiger partial charge in [0.15, 0.2) is 0 Å². The third kappa shape index (κ3) is 5.44. The summed E-state index contributed by atoms with van der Waals surface area (Å²) in [6.45, 7) is 4.81. The lowest BCUT2D eigenvalue weighted by atomic mass is 9.94. The van der Waals surface area contributed by atoms with Crippen LogP contribution in [0.2, 0.25) is 0 Å². The molecule has 0 aromatic carbocycles. The number of likely N-dealkylation sites (N-methyl/N-ethyl adjacent to an activating group) is 1. The molecule has 0 aliphatic carbocycles. The van der Waals surface area contributed by atoms with Gasteiger partial charge in [-0.3, -0.25) is 9.69 Å². The SMILES string of the molecule is CCC[C@@H]1C[C@@H](C(=O)N[C@@H]([C@H]2O[C@H](SC)[C@@H](O)[C@@H](Cl)[C@H]2O)[C@H](C)Cl)N(C)C1. The second-order valence-electron chi connectivity index (χ2n) is 7.69. The average molecular weight is 443 g/mol. The number of nitrogens with zero attached hydrogens (tertiary/aromatic N) is 1. The molecule has 158 valence electrons. The van der Waals surface area contributed by atoms with Crippen LogP contribution in [-0.2, 0) is 9.53 Å². The monoisotopic (exact) mass is 442 g/mol. The predicted octanol–water partition coefficient (Wildman–Crippen LogP) is 1.64. The fraction of sp³-hybridized carbons (Fsp3) is 0.944. The molecule has 0 aromatic rings. The van der Waals surface area contributed by atoms with E-state index in [1.807, 2.05) is 7.05 Å². The van der Waals surface area contributed by atoms with Gasteiger partial charge in [-0.05, 0) is 39.0 Å². The van der Waals surface area contributed by atoms with Crippen LogP contribution in [0, 0.1) is 5.92 Å². The Labute approximate surface area is 176 Å². The van der Waals surface area contributed by atoms with Gasteiger partial charge < -0.3 is 20.3 Å². The number of aliphatic hydroxyl groups excluding tert-OH is 2. The number of alkyl halides is 2. The van der Waals surface area contributed by atoms with Gasteiger partial charge in [0, 0.05) is 6.54 Å². The van der Waals surface area contributed by atoms with Crippen LogP contribution in [0.5, 0.6) is 0 Å². The number of rotatable bonds is 7. The lowest BCUT2D eigenvalue weighted by molar-refractivity contribution is -0.149. The summed E-state index contributed by atoms with van der Waals surface area (Å²) in [5.41, 5.74) is -0.584. The Bertz CT molecular complexity index is 500. The highest BCUT2D eigenvalue weighted by Crippen LogP contribution is 2.33. The summed E-state index contributed by atoms with van der Waals surface area (Å²) < 4.78 is 5.87. The zero-order chi connectivity index (χ0) is 20.3. The van der Waals surface area contributed by atoms with E-state index in [1.165, 1.54) is 11.8 Å². The molecule has 0 unspecified atom stereocenters. The first-order valence-electron chi connectivity index (χ1n) is 9.54. The van der Waals surface area contributed by atoms with Gasteiger partial charge in [0.25, 0.3) is 0 Å². The summed E-state index contributed by atoms with van der Waals surface area (Å²) in [4.78, 5) is 15.0. The molecule has 0 saturated carbocycles. The minimum absolute atomic E-state index is 0.109. The average Bonchev–Trinajstić information content (AvgIpc) is 2.99. The molecule has 0 spiro atoms. The maximum atomic E-state index is 12.9. The summed E-state index contributed by atoms with van der Waals surface area (Å²) >= 11 is 13.9. The first-order chi connectivity index (χ1) is 12.7. The van der Waals surface area contributed by atoms with Crippen LogP contribution in [0.1, 0.15) is 33.1 Å². The minimum Gasteiger partial charge on any atom is -0.389 e. The molecule has 6 nitrogen and oxygen atoms in total. The lowest BCUT2D eigenvalue weighted by Crippen LogP contribution is -2.64. The van der Waals surface area contributed by atoms with Crippen LogP contribution in [0.4, 0.5) is 0 Å². The zero-order valence-corrected chi connectivity index (χ0v) is 18.7. The summed E-state index contributed by atoms with van der Waals surface area (Å²) in [6.07, 6.45) is 1.91. The number of halogens is 2. The fourth-order valence-corrected chi connectivity index (χ4v) is 5.35. The smallest absolute Gasteiger partial charge is 0.237 e. The molecular weight excluding hydrogens is 411 g/mol. The number of amides is 1. The van der Waals surface area contributed by atoms with Crippen molar-refractivity contribution in [2.24, 2.45) is 5.92 Å². The summed E-state index contributed by atoms with van der Waals surface area (Å²) in [6, 6.07) is -0.829. The highest BCUT2D eigenvalue weighted by Gasteiger charge is 2.48. The molecule has 9 atom stereocenters. The Morgan fingerprint density at radius 3 is 2.63 bits per heavy atom. The molecule has 3 N–H and O–H groups in total. The Kier molecular flexibility index (Phi) is 8.99. The highest BCUT2D eigenvalue weighted by molar-refractivity contribution is 7.99. The van der Waals surface area contributed by atoms with Crippen molar-refractivity contribution in [3.63, 3.8) is 0 Å². The quantitative estimate of drug-likeness (QED) is 0.519. The van der Waals surface area contributed by atoms with Crippen molar-refractivity contribution in [3.8, 4) is 0 Å². The van der Waals surface area contributed by atoms with E-state index in [-0.39, 0.29) is 11.9 Å². The van der Waals surface area contributed by atoms with Crippen molar-refractivity contribution in [2.75, 3.05) is 19.8 Å². The Morgan fingerprint density at radius 2 is 2.07 bits per heavy atom. The molecule has 2 aliphatic rings. The molecule has 2 fully saturated rings. The number of hydrogen-bond donors (Lipinski definition) is 3. The van der Waals surface area contributed by atoms with E-state index < -0.39 is 40.5 Å². The summed E-state index contributed by atoms with van der Waals surface area (Å²) in [5.74, 6) is 0.407. The zero-order valence-electron chi connectivity index (χ0n) is 16.3. The van der Waals surface area contributed by atoms with Crippen molar-refractivity contribution >= 4 is 40.9 Å². The largest absolute Gasteiger partial charge is 0.389 e. The molecule has 2 rings (SSSR count). The normalized spacial score (nSPS) is 39.9. The van der Waals surface area contributed by atoms with E-state index in [0.717, 1.165) is 25.8 Å². The number of aliphatic hydroxyl groups is 2. The summed E-state index contributed by atoms with van der Waals surface area (Å²) in [7, 11) is 1.96. The fourth-order valence-electron chi connectivity index (χ4n) is 4.09. The number of thioether (sulfide) groups is 1. The van der Waals surface area contributed by atoms with Crippen LogP contribution >= 0.6 is 35.0 Å². The standard InChI is InChI=1S/C18H32Cl2N2O4S/c1-5-6-10-7-11(22(3)8-10)17(25)21-13(9(2)19)16-14(23)12(20)15(24)18(26-16)27-4/h9-16,18,23-24H,5-8H2,1-4H3,(H,21,25)/t9-,10+,11-,12-,13+,14+,15-,16+,18+/m0/s1. The maximum absolute atomic E-state index is 12.9. The van der Waals surface area contributed by atoms with E-state index in [1.54, 1.807) is 13.2 Å². The molecule has 0 radical (unpaired) electrons. The van der Waals surface area contributed by atoms with Gasteiger partial charge in [0.2, 0.25) is 5.91 Å². The van der Waals surface area contributed by atoms with Crippen LogP contribution in [0.25, 0.3) is 0 Å². The molecule has 9 heteroatoms. The van der Waals surface area contributed by atoms with Crippen LogP contribution in [0.3, 0.4) is 0 Å². The molecule has 0 aromatic heterocycles. The topological polar surface area (TPSA) is 82.0 Å². The number of hydrogen-bond acceptors (Lipinski definition) is 6. The Morgan fingerprint density at radius 1 is 1.41 bits per heavy atom. The van der Waals surface area contributed by atoms with Gasteiger partial charge in [-0.2, -0.15) is 0 Å².